The minimum atomic E-state index is 0.522. The highest BCUT2D eigenvalue weighted by molar-refractivity contribution is 5.17. The maximum Gasteiger partial charge on any atom is 0.117 e. The van der Waals surface area contributed by atoms with Crippen LogP contribution in [-0.4, -0.2) is 19.3 Å². The second-order valence-electron chi connectivity index (χ2n) is 6.08. The average molecular weight is 263 g/mol. The quantitative estimate of drug-likeness (QED) is 0.765. The van der Waals surface area contributed by atoms with Crippen molar-refractivity contribution in [2.75, 3.05) is 13.2 Å². The van der Waals surface area contributed by atoms with Crippen molar-refractivity contribution in [1.82, 2.24) is 5.32 Å². The maximum absolute atomic E-state index is 5.85. The van der Waals surface area contributed by atoms with Crippen LogP contribution in [0.4, 0.5) is 0 Å². The van der Waals surface area contributed by atoms with Crippen LogP contribution in [0.25, 0.3) is 0 Å². The first-order valence-electron chi connectivity index (χ1n) is 7.74. The molecule has 2 aliphatic rings. The fourth-order valence-electron chi connectivity index (χ4n) is 2.97. The largest absolute Gasteiger partial charge is 0.464 e. The van der Waals surface area contributed by atoms with E-state index in [1.54, 1.807) is 0 Å². The summed E-state index contributed by atoms with van der Waals surface area (Å²) in [5.41, 5.74) is 0. The zero-order valence-electron chi connectivity index (χ0n) is 11.9. The topological polar surface area (TPSA) is 34.4 Å². The highest BCUT2D eigenvalue weighted by Gasteiger charge is 2.36. The molecule has 1 aromatic rings. The first kappa shape index (κ1) is 13.2. The number of furan rings is 1. The summed E-state index contributed by atoms with van der Waals surface area (Å²) >= 11 is 0. The van der Waals surface area contributed by atoms with E-state index in [0.29, 0.717) is 12.0 Å². The highest BCUT2D eigenvalue weighted by Crippen LogP contribution is 2.47. The van der Waals surface area contributed by atoms with Gasteiger partial charge in [0.15, 0.2) is 0 Å². The third kappa shape index (κ3) is 3.61. The first-order valence-corrected chi connectivity index (χ1v) is 7.74. The van der Waals surface area contributed by atoms with Gasteiger partial charge in [-0.25, -0.2) is 0 Å². The van der Waals surface area contributed by atoms with E-state index in [1.165, 1.54) is 37.9 Å². The summed E-state index contributed by atoms with van der Waals surface area (Å²) in [4.78, 5) is 0. The van der Waals surface area contributed by atoms with Crippen LogP contribution in [0.3, 0.4) is 0 Å². The van der Waals surface area contributed by atoms with Gasteiger partial charge in [-0.2, -0.15) is 0 Å². The van der Waals surface area contributed by atoms with Gasteiger partial charge in [0.2, 0.25) is 0 Å². The maximum atomic E-state index is 5.85. The summed E-state index contributed by atoms with van der Waals surface area (Å²) in [5.74, 6) is 3.72. The zero-order valence-corrected chi connectivity index (χ0v) is 11.9. The Bertz CT molecular complexity index is 395. The molecule has 2 aliphatic carbocycles. The van der Waals surface area contributed by atoms with Gasteiger partial charge in [0.25, 0.3) is 0 Å². The van der Waals surface area contributed by atoms with Gasteiger partial charge in [0.05, 0.1) is 19.3 Å². The molecule has 3 nitrogen and oxygen atoms in total. The van der Waals surface area contributed by atoms with Crippen LogP contribution >= 0.6 is 0 Å². The fourth-order valence-corrected chi connectivity index (χ4v) is 2.97. The molecule has 1 N–H and O–H groups in total. The van der Waals surface area contributed by atoms with Gasteiger partial charge in [0, 0.05) is 12.5 Å². The standard InChI is InChI=1S/C16H25NO2/c1-12-10-15(12)16-7-6-14(19-16)11-17-8-9-18-13-4-2-3-5-13/h6-7,12-13,15,17H,2-5,8-11H2,1H3. The second kappa shape index (κ2) is 6.10. The SMILES string of the molecule is CC1CC1c1ccc(CNCCOC2CCCC2)o1. The Morgan fingerprint density at radius 3 is 2.84 bits per heavy atom. The Hall–Kier alpha value is -0.800. The van der Waals surface area contributed by atoms with E-state index < -0.39 is 0 Å². The molecule has 2 saturated carbocycles. The summed E-state index contributed by atoms with van der Waals surface area (Å²) in [7, 11) is 0. The molecule has 19 heavy (non-hydrogen) atoms. The van der Waals surface area contributed by atoms with Gasteiger partial charge in [-0.15, -0.1) is 0 Å². The van der Waals surface area contributed by atoms with Crippen LogP contribution in [0, 0.1) is 5.92 Å². The molecule has 106 valence electrons. The smallest absolute Gasteiger partial charge is 0.117 e. The molecule has 0 bridgehead atoms. The van der Waals surface area contributed by atoms with Gasteiger partial charge < -0.3 is 14.5 Å². The predicted octanol–water partition coefficient (Wildman–Crippen LogP) is 3.45. The van der Waals surface area contributed by atoms with E-state index in [-0.39, 0.29) is 0 Å². The Morgan fingerprint density at radius 1 is 1.32 bits per heavy atom. The molecule has 3 rings (SSSR count). The van der Waals surface area contributed by atoms with Crippen LogP contribution in [0.15, 0.2) is 16.5 Å². The van der Waals surface area contributed by atoms with Crippen molar-refractivity contribution < 1.29 is 9.15 Å². The summed E-state index contributed by atoms with van der Waals surface area (Å²) in [6, 6.07) is 4.24. The molecule has 0 saturated heterocycles. The predicted molar refractivity (Wildman–Crippen MR) is 75.1 cm³/mol. The summed E-state index contributed by atoms with van der Waals surface area (Å²) in [5, 5.41) is 3.39. The van der Waals surface area contributed by atoms with Crippen molar-refractivity contribution in [1.29, 1.82) is 0 Å². The minimum Gasteiger partial charge on any atom is -0.464 e. The molecule has 0 radical (unpaired) electrons. The molecule has 1 heterocycles. The number of ether oxygens (including phenoxy) is 1. The Kier molecular flexibility index (Phi) is 4.24. The van der Waals surface area contributed by atoms with Crippen molar-refractivity contribution in [2.45, 2.75) is 57.6 Å². The van der Waals surface area contributed by atoms with Gasteiger partial charge >= 0.3 is 0 Å². The van der Waals surface area contributed by atoms with Gasteiger partial charge in [-0.1, -0.05) is 19.8 Å². The third-order valence-electron chi connectivity index (χ3n) is 4.39. The average Bonchev–Trinajstić information content (AvgIpc) is 2.88. The lowest BCUT2D eigenvalue weighted by atomic mass is 10.3. The van der Waals surface area contributed by atoms with Crippen molar-refractivity contribution in [2.24, 2.45) is 5.92 Å². The van der Waals surface area contributed by atoms with E-state index in [1.807, 2.05) is 0 Å². The molecule has 0 amide bonds. The normalized spacial score (nSPS) is 27.0. The molecule has 2 fully saturated rings. The number of rotatable bonds is 7. The zero-order chi connectivity index (χ0) is 13.1. The highest BCUT2D eigenvalue weighted by atomic mass is 16.5. The summed E-state index contributed by atoms with van der Waals surface area (Å²) < 4.78 is 11.7. The van der Waals surface area contributed by atoms with Crippen molar-refractivity contribution in [3.05, 3.63) is 23.7 Å². The van der Waals surface area contributed by atoms with Gasteiger partial charge in [0.1, 0.15) is 11.5 Å². The van der Waals surface area contributed by atoms with Crippen LogP contribution in [-0.2, 0) is 11.3 Å². The first-order chi connectivity index (χ1) is 9.33. The fraction of sp³-hybridized carbons (Fsp3) is 0.750. The van der Waals surface area contributed by atoms with Gasteiger partial charge in [-0.3, -0.25) is 0 Å². The molecule has 0 spiro atoms. The van der Waals surface area contributed by atoms with E-state index in [0.717, 1.165) is 31.4 Å². The van der Waals surface area contributed by atoms with E-state index in [9.17, 15) is 0 Å². The molecule has 0 aliphatic heterocycles. The van der Waals surface area contributed by atoms with E-state index in [4.69, 9.17) is 9.15 Å². The number of nitrogens with one attached hydrogen (secondary N) is 1. The lowest BCUT2D eigenvalue weighted by Crippen LogP contribution is -2.21. The van der Waals surface area contributed by atoms with E-state index in [2.05, 4.69) is 24.4 Å². The molecular weight excluding hydrogens is 238 g/mol. The molecule has 2 unspecified atom stereocenters. The number of hydrogen-bond donors (Lipinski definition) is 1. The van der Waals surface area contributed by atoms with Crippen molar-refractivity contribution in [3.8, 4) is 0 Å². The molecule has 1 aromatic heterocycles. The molecule has 2 atom stereocenters. The van der Waals surface area contributed by atoms with Crippen LogP contribution in [0.2, 0.25) is 0 Å². The van der Waals surface area contributed by atoms with Crippen LogP contribution in [0.1, 0.15) is 56.5 Å². The van der Waals surface area contributed by atoms with E-state index >= 15 is 0 Å². The molecule has 3 heteroatoms. The summed E-state index contributed by atoms with van der Waals surface area (Å²) in [6.07, 6.45) is 6.99. The van der Waals surface area contributed by atoms with Crippen molar-refractivity contribution >= 4 is 0 Å². The Balaban J connectivity index is 1.30. The van der Waals surface area contributed by atoms with Crippen LogP contribution < -0.4 is 5.32 Å². The minimum absolute atomic E-state index is 0.522. The van der Waals surface area contributed by atoms with Crippen molar-refractivity contribution in [3.63, 3.8) is 0 Å². The molecular formula is C16H25NO2. The number of hydrogen-bond acceptors (Lipinski definition) is 3. The van der Waals surface area contributed by atoms with Gasteiger partial charge in [-0.05, 0) is 37.3 Å². The third-order valence-corrected chi connectivity index (χ3v) is 4.39. The van der Waals surface area contributed by atoms with Crippen LogP contribution in [0.5, 0.6) is 0 Å². The Labute approximate surface area is 115 Å². The monoisotopic (exact) mass is 263 g/mol. The Morgan fingerprint density at radius 2 is 2.11 bits per heavy atom. The summed E-state index contributed by atoms with van der Waals surface area (Å²) in [6.45, 7) is 4.82. The lowest BCUT2D eigenvalue weighted by molar-refractivity contribution is 0.0601. The second-order valence-corrected chi connectivity index (χ2v) is 6.08. The molecule has 0 aromatic carbocycles. The lowest BCUT2D eigenvalue weighted by Gasteiger charge is -2.10.